The smallest absolute Gasteiger partial charge is 0.413 e. The number of amides is 4. The van der Waals surface area contributed by atoms with Crippen molar-refractivity contribution in [2.45, 2.75) is 19.6 Å². The fourth-order valence-corrected chi connectivity index (χ4v) is 2.66. The third-order valence-corrected chi connectivity index (χ3v) is 4.16. The summed E-state index contributed by atoms with van der Waals surface area (Å²) < 4.78 is 14.4. The van der Waals surface area contributed by atoms with Crippen LogP contribution in [0.25, 0.3) is 0 Å². The van der Waals surface area contributed by atoms with Gasteiger partial charge in [0.2, 0.25) is 0 Å². The standard InChI is InChI=1S/C19H16N2O8/c1-10(15(22)20-19(26)27-2)29-18(25)11-5-6-13-14(8-11)17(24)21(16(13)23)9-12-4-3-7-28-12/h3-8,10H,9H2,1-2H3,(H,20,22,26)/t10-/m1/s1. The number of carbonyl (C=O) groups is 5. The molecule has 4 amide bonds. The monoisotopic (exact) mass is 400 g/mol. The van der Waals surface area contributed by atoms with Crippen molar-refractivity contribution in [1.29, 1.82) is 0 Å². The second-order valence-electron chi connectivity index (χ2n) is 6.06. The number of rotatable bonds is 5. The molecule has 1 aromatic heterocycles. The molecule has 2 aromatic rings. The Kier molecular flexibility index (Phi) is 5.44. The van der Waals surface area contributed by atoms with Gasteiger partial charge in [0.25, 0.3) is 17.7 Å². The molecule has 0 radical (unpaired) electrons. The zero-order valence-corrected chi connectivity index (χ0v) is 15.5. The molecule has 0 unspecified atom stereocenters. The summed E-state index contributed by atoms with van der Waals surface area (Å²) in [6, 6.07) is 7.15. The third kappa shape index (κ3) is 4.00. The molecular formula is C19H16N2O8. The molecule has 0 spiro atoms. The van der Waals surface area contributed by atoms with Crippen LogP contribution in [0.15, 0.2) is 41.0 Å². The van der Waals surface area contributed by atoms with Gasteiger partial charge in [0.05, 0.1) is 36.6 Å². The molecule has 1 atom stereocenters. The van der Waals surface area contributed by atoms with E-state index in [4.69, 9.17) is 9.15 Å². The van der Waals surface area contributed by atoms with Crippen LogP contribution in [0.3, 0.4) is 0 Å². The van der Waals surface area contributed by atoms with Gasteiger partial charge in [-0.25, -0.2) is 9.59 Å². The highest BCUT2D eigenvalue weighted by Crippen LogP contribution is 2.26. The number of imide groups is 2. The second-order valence-corrected chi connectivity index (χ2v) is 6.06. The van der Waals surface area contributed by atoms with Crippen LogP contribution in [0.5, 0.6) is 0 Å². The first kappa shape index (κ1) is 19.8. The molecule has 1 N–H and O–H groups in total. The molecule has 10 heteroatoms. The molecule has 29 heavy (non-hydrogen) atoms. The number of methoxy groups -OCH3 is 1. The van der Waals surface area contributed by atoms with Crippen molar-refractivity contribution < 1.29 is 37.9 Å². The molecule has 150 valence electrons. The second kappa shape index (κ2) is 7.97. The number of ether oxygens (including phenoxy) is 2. The van der Waals surface area contributed by atoms with Crippen molar-refractivity contribution in [3.63, 3.8) is 0 Å². The van der Waals surface area contributed by atoms with Crippen molar-refractivity contribution in [3.8, 4) is 0 Å². The number of alkyl carbamates (subject to hydrolysis) is 1. The zero-order valence-electron chi connectivity index (χ0n) is 15.5. The lowest BCUT2D eigenvalue weighted by atomic mass is 10.1. The Bertz CT molecular complexity index is 996. The van der Waals surface area contributed by atoms with Crippen LogP contribution in [0.4, 0.5) is 4.79 Å². The number of hydrogen-bond donors (Lipinski definition) is 1. The quantitative estimate of drug-likeness (QED) is 0.590. The highest BCUT2D eigenvalue weighted by molar-refractivity contribution is 6.21. The van der Waals surface area contributed by atoms with E-state index in [9.17, 15) is 24.0 Å². The van der Waals surface area contributed by atoms with Crippen LogP contribution in [0.2, 0.25) is 0 Å². The number of carbonyl (C=O) groups excluding carboxylic acids is 5. The largest absolute Gasteiger partial charge is 0.467 e. The van der Waals surface area contributed by atoms with E-state index in [0.29, 0.717) is 5.76 Å². The Labute approximate surface area is 164 Å². The first-order chi connectivity index (χ1) is 13.8. The summed E-state index contributed by atoms with van der Waals surface area (Å²) in [4.78, 5) is 61.2. The van der Waals surface area contributed by atoms with Crippen molar-refractivity contribution >= 4 is 29.8 Å². The van der Waals surface area contributed by atoms with Crippen LogP contribution >= 0.6 is 0 Å². The molecule has 0 bridgehead atoms. The topological polar surface area (TPSA) is 132 Å². The van der Waals surface area contributed by atoms with E-state index < -0.39 is 35.9 Å². The summed E-state index contributed by atoms with van der Waals surface area (Å²) in [5.74, 6) is -2.42. The number of fused-ring (bicyclic) bond motifs is 1. The molecule has 0 fully saturated rings. The number of nitrogens with zero attached hydrogens (tertiary/aromatic N) is 1. The van der Waals surface area contributed by atoms with Crippen LogP contribution in [-0.2, 0) is 20.8 Å². The molecule has 1 aliphatic rings. The van der Waals surface area contributed by atoms with E-state index in [1.165, 1.54) is 31.4 Å². The van der Waals surface area contributed by atoms with E-state index in [2.05, 4.69) is 4.74 Å². The van der Waals surface area contributed by atoms with Crippen LogP contribution in [0, 0.1) is 0 Å². The Morgan fingerprint density at radius 3 is 2.52 bits per heavy atom. The lowest BCUT2D eigenvalue weighted by Crippen LogP contribution is -2.39. The Morgan fingerprint density at radius 2 is 1.86 bits per heavy atom. The van der Waals surface area contributed by atoms with Crippen molar-refractivity contribution in [2.24, 2.45) is 0 Å². The predicted octanol–water partition coefficient (Wildman–Crippen LogP) is 1.50. The lowest BCUT2D eigenvalue weighted by molar-refractivity contribution is -0.128. The molecule has 3 rings (SSSR count). The van der Waals surface area contributed by atoms with Gasteiger partial charge in [-0.2, -0.15) is 0 Å². The molecule has 1 aromatic carbocycles. The maximum absolute atomic E-state index is 12.6. The van der Waals surface area contributed by atoms with Crippen molar-refractivity contribution in [3.05, 3.63) is 59.0 Å². The molecular weight excluding hydrogens is 384 g/mol. The maximum atomic E-state index is 12.6. The molecule has 0 saturated heterocycles. The summed E-state index contributed by atoms with van der Waals surface area (Å²) in [5.41, 5.74) is 0.166. The van der Waals surface area contributed by atoms with Crippen molar-refractivity contribution in [1.82, 2.24) is 10.2 Å². The van der Waals surface area contributed by atoms with E-state index in [1.807, 2.05) is 5.32 Å². The minimum absolute atomic E-state index is 0.0255. The molecule has 0 aliphatic carbocycles. The van der Waals surface area contributed by atoms with Gasteiger partial charge in [0, 0.05) is 0 Å². The lowest BCUT2D eigenvalue weighted by Gasteiger charge is -2.12. The number of esters is 1. The van der Waals surface area contributed by atoms with Crippen LogP contribution in [-0.4, -0.2) is 47.9 Å². The average Bonchev–Trinajstić information content (AvgIpc) is 3.30. The summed E-state index contributed by atoms with van der Waals surface area (Å²) in [7, 11) is 1.08. The van der Waals surface area contributed by atoms with Gasteiger partial charge >= 0.3 is 12.1 Å². The fourth-order valence-electron chi connectivity index (χ4n) is 2.66. The summed E-state index contributed by atoms with van der Waals surface area (Å²) in [5, 5.41) is 1.88. The zero-order chi connectivity index (χ0) is 21.1. The van der Waals surface area contributed by atoms with Crippen molar-refractivity contribution in [2.75, 3.05) is 7.11 Å². The number of hydrogen-bond acceptors (Lipinski definition) is 8. The number of nitrogens with one attached hydrogen (secondary N) is 1. The SMILES string of the molecule is COC(=O)NC(=O)[C@@H](C)OC(=O)c1ccc2c(c1)C(=O)N(Cc1ccco1)C2=O. The van der Waals surface area contributed by atoms with Gasteiger partial charge in [0.1, 0.15) is 5.76 Å². The van der Waals surface area contributed by atoms with E-state index in [0.717, 1.165) is 12.0 Å². The van der Waals surface area contributed by atoms with Gasteiger partial charge in [-0.05, 0) is 37.3 Å². The highest BCUT2D eigenvalue weighted by Gasteiger charge is 2.36. The first-order valence-electron chi connectivity index (χ1n) is 8.44. The Morgan fingerprint density at radius 1 is 1.14 bits per heavy atom. The van der Waals surface area contributed by atoms with Gasteiger partial charge in [-0.1, -0.05) is 0 Å². The normalized spacial score (nSPS) is 13.7. The van der Waals surface area contributed by atoms with E-state index in [1.54, 1.807) is 12.1 Å². The summed E-state index contributed by atoms with van der Waals surface area (Å²) in [6.07, 6.45) is -0.849. The molecule has 10 nitrogen and oxygen atoms in total. The molecule has 1 aliphatic heterocycles. The average molecular weight is 400 g/mol. The van der Waals surface area contributed by atoms with E-state index in [-0.39, 0.29) is 23.2 Å². The minimum atomic E-state index is -1.29. The predicted molar refractivity (Wildman–Crippen MR) is 94.8 cm³/mol. The maximum Gasteiger partial charge on any atom is 0.413 e. The van der Waals surface area contributed by atoms with Crippen LogP contribution in [0.1, 0.15) is 43.8 Å². The van der Waals surface area contributed by atoms with Gasteiger partial charge in [0.15, 0.2) is 6.10 Å². The third-order valence-electron chi connectivity index (χ3n) is 4.16. The highest BCUT2D eigenvalue weighted by atomic mass is 16.6. The minimum Gasteiger partial charge on any atom is -0.467 e. The number of benzene rings is 1. The molecule has 0 saturated carbocycles. The van der Waals surface area contributed by atoms with Gasteiger partial charge < -0.3 is 13.9 Å². The first-order valence-corrected chi connectivity index (χ1v) is 8.44. The van der Waals surface area contributed by atoms with Gasteiger partial charge in [-0.3, -0.25) is 24.6 Å². The Balaban J connectivity index is 1.73. The molecule has 2 heterocycles. The van der Waals surface area contributed by atoms with E-state index >= 15 is 0 Å². The number of furan rings is 1. The summed E-state index contributed by atoms with van der Waals surface area (Å²) in [6.45, 7) is 1.23. The summed E-state index contributed by atoms with van der Waals surface area (Å²) >= 11 is 0. The van der Waals surface area contributed by atoms with Crippen LogP contribution < -0.4 is 5.32 Å². The fraction of sp³-hybridized carbons (Fsp3) is 0.211. The Hall–Kier alpha value is -3.95. The van der Waals surface area contributed by atoms with Gasteiger partial charge in [-0.15, -0.1) is 0 Å².